The number of nitrogens with one attached hydrogen (secondary N) is 3. The number of imide groups is 1. The van der Waals surface area contributed by atoms with E-state index in [1.54, 1.807) is 0 Å². The summed E-state index contributed by atoms with van der Waals surface area (Å²) < 4.78 is 0. The molecule has 0 unspecified atom stereocenters. The fourth-order valence-corrected chi connectivity index (χ4v) is 2.88. The summed E-state index contributed by atoms with van der Waals surface area (Å²) in [6.45, 7) is 8.16. The lowest BCUT2D eigenvalue weighted by molar-refractivity contribution is -0.119. The van der Waals surface area contributed by atoms with Crippen LogP contribution in [0.4, 0.5) is 10.5 Å². The Morgan fingerprint density at radius 1 is 1.00 bits per heavy atom. The van der Waals surface area contributed by atoms with E-state index in [0.717, 1.165) is 16.7 Å². The second-order valence-electron chi connectivity index (χ2n) is 6.83. The fourth-order valence-electron chi connectivity index (χ4n) is 2.88. The maximum Gasteiger partial charge on any atom is 0.325 e. The third kappa shape index (κ3) is 5.70. The average Bonchev–Trinajstić information content (AvgIpc) is 2.58. The number of hydrogen-bond acceptors (Lipinski definition) is 3. The molecule has 3 N–H and O–H groups in total. The normalized spacial score (nSPS) is 11.9. The molecule has 0 saturated heterocycles. The van der Waals surface area contributed by atoms with Gasteiger partial charge in [-0.2, -0.15) is 0 Å². The topological polar surface area (TPSA) is 70.2 Å². The Hall–Kier alpha value is -2.66. The van der Waals surface area contributed by atoms with Gasteiger partial charge in [-0.25, -0.2) is 4.79 Å². The minimum atomic E-state index is -0.524. The Morgan fingerprint density at radius 2 is 1.69 bits per heavy atom. The van der Waals surface area contributed by atoms with Gasteiger partial charge < -0.3 is 10.6 Å². The minimum absolute atomic E-state index is 0.0457. The summed E-state index contributed by atoms with van der Waals surface area (Å²) in [6.07, 6.45) is 0. The summed E-state index contributed by atoms with van der Waals surface area (Å²) in [5.74, 6) is -0.0527. The van der Waals surface area contributed by atoms with E-state index in [2.05, 4.69) is 29.8 Å². The molecular weight excluding hydrogens is 326 g/mol. The minimum Gasteiger partial charge on any atom is -0.307 e. The van der Waals surface area contributed by atoms with Crippen LogP contribution in [0.25, 0.3) is 0 Å². The molecule has 2 aromatic carbocycles. The number of benzene rings is 2. The molecule has 0 aromatic heterocycles. The van der Waals surface area contributed by atoms with Crippen molar-refractivity contribution < 1.29 is 9.59 Å². The van der Waals surface area contributed by atoms with Crippen LogP contribution in [0.1, 0.15) is 36.6 Å². The maximum absolute atomic E-state index is 12.1. The molecule has 26 heavy (non-hydrogen) atoms. The highest BCUT2D eigenvalue weighted by molar-refractivity contribution is 6.02. The van der Waals surface area contributed by atoms with Crippen LogP contribution in [0.5, 0.6) is 0 Å². The quantitative estimate of drug-likeness (QED) is 0.737. The molecule has 0 radical (unpaired) electrons. The zero-order valence-electron chi connectivity index (χ0n) is 15.8. The van der Waals surface area contributed by atoms with E-state index >= 15 is 0 Å². The molecule has 3 amide bonds. The highest BCUT2D eigenvalue weighted by Crippen LogP contribution is 2.20. The predicted octanol–water partition coefficient (Wildman–Crippen LogP) is 3.94. The molecule has 5 nitrogen and oxygen atoms in total. The molecule has 0 heterocycles. The van der Waals surface area contributed by atoms with Gasteiger partial charge in [0, 0.05) is 11.7 Å². The number of aryl methyl sites for hydroxylation is 2. The number of carbonyl (C=O) groups is 2. The van der Waals surface area contributed by atoms with Crippen molar-refractivity contribution in [1.29, 1.82) is 0 Å². The molecule has 0 aliphatic rings. The van der Waals surface area contributed by atoms with Crippen molar-refractivity contribution in [3.05, 3.63) is 65.2 Å². The van der Waals surface area contributed by atoms with Crippen LogP contribution in [0, 0.1) is 19.8 Å². The van der Waals surface area contributed by atoms with Crippen molar-refractivity contribution in [2.75, 3.05) is 11.9 Å². The zero-order valence-corrected chi connectivity index (χ0v) is 15.8. The van der Waals surface area contributed by atoms with Gasteiger partial charge in [0.25, 0.3) is 0 Å². The van der Waals surface area contributed by atoms with Gasteiger partial charge in [-0.05, 0) is 37.0 Å². The lowest BCUT2D eigenvalue weighted by Crippen LogP contribution is -2.41. The van der Waals surface area contributed by atoms with Crippen LogP contribution < -0.4 is 16.0 Å². The van der Waals surface area contributed by atoms with Gasteiger partial charge >= 0.3 is 6.03 Å². The molecule has 0 spiro atoms. The molecule has 0 aliphatic carbocycles. The fraction of sp³-hybridized carbons (Fsp3) is 0.333. The van der Waals surface area contributed by atoms with Gasteiger partial charge in [0.15, 0.2) is 0 Å². The van der Waals surface area contributed by atoms with Gasteiger partial charge in [-0.3, -0.25) is 10.1 Å². The SMILES string of the molecule is Cc1ccc(NC(=O)NC(=O)CN[C@H](c2ccccc2)C(C)C)c(C)c1. The van der Waals surface area contributed by atoms with Crippen molar-refractivity contribution in [2.24, 2.45) is 5.92 Å². The van der Waals surface area contributed by atoms with Crippen LogP contribution in [0.2, 0.25) is 0 Å². The molecule has 2 rings (SSSR count). The van der Waals surface area contributed by atoms with E-state index in [4.69, 9.17) is 0 Å². The van der Waals surface area contributed by atoms with Gasteiger partial charge in [0.05, 0.1) is 6.54 Å². The highest BCUT2D eigenvalue weighted by atomic mass is 16.2. The summed E-state index contributed by atoms with van der Waals surface area (Å²) in [4.78, 5) is 24.1. The number of anilines is 1. The van der Waals surface area contributed by atoms with Crippen LogP contribution in [-0.2, 0) is 4.79 Å². The Bertz CT molecular complexity index is 757. The standard InChI is InChI=1S/C21H27N3O2/c1-14(2)20(17-8-6-5-7-9-17)22-13-19(25)24-21(26)23-18-11-10-15(3)12-16(18)4/h5-12,14,20,22H,13H2,1-4H3,(H2,23,24,25,26)/t20-/m0/s1. The Labute approximate surface area is 155 Å². The van der Waals surface area contributed by atoms with Gasteiger partial charge in [-0.15, -0.1) is 0 Å². The average molecular weight is 353 g/mol. The molecule has 0 fully saturated rings. The first kappa shape index (κ1) is 19.7. The summed E-state index contributed by atoms with van der Waals surface area (Å²) >= 11 is 0. The van der Waals surface area contributed by atoms with E-state index in [1.165, 1.54) is 0 Å². The van der Waals surface area contributed by atoms with Crippen molar-refractivity contribution in [1.82, 2.24) is 10.6 Å². The number of carbonyl (C=O) groups excluding carboxylic acids is 2. The van der Waals surface area contributed by atoms with Crippen LogP contribution in [-0.4, -0.2) is 18.5 Å². The smallest absolute Gasteiger partial charge is 0.307 e. The molecule has 138 valence electrons. The van der Waals surface area contributed by atoms with Gasteiger partial charge in [0.2, 0.25) is 5.91 Å². The van der Waals surface area contributed by atoms with E-state index in [-0.39, 0.29) is 18.5 Å². The number of hydrogen-bond donors (Lipinski definition) is 3. The highest BCUT2D eigenvalue weighted by Gasteiger charge is 2.17. The lowest BCUT2D eigenvalue weighted by atomic mass is 9.96. The molecule has 5 heteroatoms. The summed E-state index contributed by atoms with van der Waals surface area (Å²) in [6, 6.07) is 15.2. The van der Waals surface area contributed by atoms with E-state index in [9.17, 15) is 9.59 Å². The zero-order chi connectivity index (χ0) is 19.1. The molecule has 1 atom stereocenters. The molecule has 0 saturated carbocycles. The van der Waals surface area contributed by atoms with Crippen molar-refractivity contribution in [3.63, 3.8) is 0 Å². The second-order valence-corrected chi connectivity index (χ2v) is 6.83. The number of urea groups is 1. The summed E-state index contributed by atoms with van der Waals surface area (Å²) in [5.41, 5.74) is 3.89. The van der Waals surface area contributed by atoms with Gasteiger partial charge in [0.1, 0.15) is 0 Å². The molecule has 2 aromatic rings. The van der Waals surface area contributed by atoms with E-state index < -0.39 is 6.03 Å². The largest absolute Gasteiger partial charge is 0.325 e. The first-order valence-corrected chi connectivity index (χ1v) is 8.83. The van der Waals surface area contributed by atoms with E-state index in [0.29, 0.717) is 11.6 Å². The Kier molecular flexibility index (Phi) is 6.92. The summed E-state index contributed by atoms with van der Waals surface area (Å²) in [7, 11) is 0. The third-order valence-electron chi connectivity index (χ3n) is 4.19. The lowest BCUT2D eigenvalue weighted by Gasteiger charge is -2.22. The van der Waals surface area contributed by atoms with E-state index in [1.807, 2.05) is 62.4 Å². The van der Waals surface area contributed by atoms with Crippen molar-refractivity contribution >= 4 is 17.6 Å². The maximum atomic E-state index is 12.1. The number of amides is 3. The monoisotopic (exact) mass is 353 g/mol. The first-order chi connectivity index (χ1) is 12.4. The summed E-state index contributed by atoms with van der Waals surface area (Å²) in [5, 5.41) is 8.31. The van der Waals surface area contributed by atoms with Crippen LogP contribution in [0.3, 0.4) is 0 Å². The predicted molar refractivity (Wildman–Crippen MR) is 105 cm³/mol. The Morgan fingerprint density at radius 3 is 2.31 bits per heavy atom. The van der Waals surface area contributed by atoms with Crippen LogP contribution >= 0.6 is 0 Å². The van der Waals surface area contributed by atoms with Gasteiger partial charge in [-0.1, -0.05) is 61.9 Å². The molecular formula is C21H27N3O2. The van der Waals surface area contributed by atoms with Crippen molar-refractivity contribution in [3.8, 4) is 0 Å². The van der Waals surface area contributed by atoms with Crippen LogP contribution in [0.15, 0.2) is 48.5 Å². The first-order valence-electron chi connectivity index (χ1n) is 8.83. The third-order valence-corrected chi connectivity index (χ3v) is 4.19. The number of rotatable bonds is 6. The molecule has 0 bridgehead atoms. The Balaban J connectivity index is 1.88. The molecule has 0 aliphatic heterocycles. The second kappa shape index (κ2) is 9.15. The van der Waals surface area contributed by atoms with Crippen molar-refractivity contribution in [2.45, 2.75) is 33.7 Å².